The molecular weight excluding hydrogens is 458 g/mol. The molecule has 3 aliphatic rings. The topological polar surface area (TPSA) is 21.6 Å². The SMILES string of the molecule is COc1ccc(Br)c(C2CC=CC3=C2CC=C2C=NC=c4ccc5ccccc5c4=C23)c1. The van der Waals surface area contributed by atoms with E-state index >= 15 is 0 Å². The van der Waals surface area contributed by atoms with Crippen LogP contribution in [0.3, 0.4) is 0 Å². The molecule has 1 unspecified atom stereocenters. The van der Waals surface area contributed by atoms with E-state index in [0.717, 1.165) is 23.1 Å². The number of allylic oxidation sites excluding steroid dienone is 6. The number of aliphatic imine (C=N–C) groups is 1. The zero-order valence-corrected chi connectivity index (χ0v) is 19.4. The fourth-order valence-electron chi connectivity index (χ4n) is 5.23. The van der Waals surface area contributed by atoms with Crippen LogP contribution in [0.4, 0.5) is 0 Å². The summed E-state index contributed by atoms with van der Waals surface area (Å²) in [6.45, 7) is 0. The van der Waals surface area contributed by atoms with Crippen molar-refractivity contribution >= 4 is 44.7 Å². The first-order valence-electron chi connectivity index (χ1n) is 10.9. The fraction of sp³-hybridized carbons (Fsp3) is 0.138. The van der Waals surface area contributed by atoms with Gasteiger partial charge in [0.15, 0.2) is 0 Å². The van der Waals surface area contributed by atoms with Crippen LogP contribution in [0, 0.1) is 0 Å². The summed E-state index contributed by atoms with van der Waals surface area (Å²) in [6.07, 6.45) is 12.9. The van der Waals surface area contributed by atoms with E-state index in [-0.39, 0.29) is 0 Å². The highest BCUT2D eigenvalue weighted by atomic mass is 79.9. The molecule has 0 radical (unpaired) electrons. The second-order valence-corrected chi connectivity index (χ2v) is 9.27. The van der Waals surface area contributed by atoms with Gasteiger partial charge in [0, 0.05) is 28.0 Å². The Kier molecular flexibility index (Phi) is 4.73. The quantitative estimate of drug-likeness (QED) is 0.444. The molecule has 1 heterocycles. The number of fused-ring (bicyclic) bond motifs is 5. The van der Waals surface area contributed by atoms with Crippen molar-refractivity contribution in [1.82, 2.24) is 0 Å². The Balaban J connectivity index is 1.67. The van der Waals surface area contributed by atoms with Crippen LogP contribution >= 0.6 is 15.9 Å². The van der Waals surface area contributed by atoms with Crippen LogP contribution in [-0.2, 0) is 0 Å². The molecule has 2 nitrogen and oxygen atoms in total. The van der Waals surface area contributed by atoms with Gasteiger partial charge in [-0.3, -0.25) is 4.99 Å². The zero-order chi connectivity index (χ0) is 21.7. The minimum atomic E-state index is 0.312. The van der Waals surface area contributed by atoms with Crippen LogP contribution in [0.15, 0.2) is 99.0 Å². The molecular formula is C29H22BrNO. The van der Waals surface area contributed by atoms with Gasteiger partial charge in [0.1, 0.15) is 5.75 Å². The van der Waals surface area contributed by atoms with Gasteiger partial charge < -0.3 is 4.74 Å². The molecule has 156 valence electrons. The summed E-state index contributed by atoms with van der Waals surface area (Å²) in [5.41, 5.74) is 6.61. The second kappa shape index (κ2) is 7.75. The molecule has 0 saturated heterocycles. The molecule has 0 N–H and O–H groups in total. The van der Waals surface area contributed by atoms with Crippen LogP contribution in [0.2, 0.25) is 0 Å². The van der Waals surface area contributed by atoms with Crippen molar-refractivity contribution in [1.29, 1.82) is 0 Å². The van der Waals surface area contributed by atoms with Gasteiger partial charge in [0.2, 0.25) is 0 Å². The third kappa shape index (κ3) is 3.03. The highest BCUT2D eigenvalue weighted by Gasteiger charge is 2.29. The molecule has 2 aliphatic carbocycles. The third-order valence-corrected chi connectivity index (χ3v) is 7.46. The summed E-state index contributed by atoms with van der Waals surface area (Å²) >= 11 is 3.80. The van der Waals surface area contributed by atoms with E-state index in [4.69, 9.17) is 4.74 Å². The van der Waals surface area contributed by atoms with Crippen LogP contribution in [0.1, 0.15) is 24.3 Å². The van der Waals surface area contributed by atoms with Crippen LogP contribution in [-0.4, -0.2) is 13.3 Å². The van der Waals surface area contributed by atoms with Crippen LogP contribution < -0.4 is 15.2 Å². The molecule has 3 aromatic rings. The lowest BCUT2D eigenvalue weighted by Gasteiger charge is -2.31. The van der Waals surface area contributed by atoms with E-state index in [0.29, 0.717) is 5.92 Å². The Labute approximate surface area is 195 Å². The molecule has 0 bridgehead atoms. The first kappa shape index (κ1) is 19.5. The van der Waals surface area contributed by atoms with Crippen LogP contribution in [0.5, 0.6) is 5.75 Å². The van der Waals surface area contributed by atoms with Crippen molar-refractivity contribution in [3.8, 4) is 5.75 Å². The first-order valence-corrected chi connectivity index (χ1v) is 11.7. The van der Waals surface area contributed by atoms with Gasteiger partial charge in [-0.15, -0.1) is 0 Å². The summed E-state index contributed by atoms with van der Waals surface area (Å²) in [7, 11) is 1.73. The maximum Gasteiger partial charge on any atom is 0.119 e. The highest BCUT2D eigenvalue weighted by Crippen LogP contribution is 2.45. The number of methoxy groups -OCH3 is 1. The van der Waals surface area contributed by atoms with Gasteiger partial charge in [0.05, 0.1) is 7.11 Å². The number of ether oxygens (including phenoxy) is 1. The second-order valence-electron chi connectivity index (χ2n) is 8.41. The molecule has 0 fully saturated rings. The largest absolute Gasteiger partial charge is 0.497 e. The van der Waals surface area contributed by atoms with E-state index in [1.807, 2.05) is 18.5 Å². The Bertz CT molecular complexity index is 1520. The van der Waals surface area contributed by atoms with Gasteiger partial charge >= 0.3 is 0 Å². The summed E-state index contributed by atoms with van der Waals surface area (Å²) in [6, 6.07) is 19.3. The van der Waals surface area contributed by atoms with E-state index < -0.39 is 0 Å². The van der Waals surface area contributed by atoms with Gasteiger partial charge in [-0.2, -0.15) is 0 Å². The maximum absolute atomic E-state index is 5.54. The van der Waals surface area contributed by atoms with Gasteiger partial charge in [-0.25, -0.2) is 0 Å². The van der Waals surface area contributed by atoms with Crippen molar-refractivity contribution in [3.05, 3.63) is 110 Å². The first-order chi connectivity index (χ1) is 15.7. The summed E-state index contributed by atoms with van der Waals surface area (Å²) < 4.78 is 6.67. The number of halogens is 1. The molecule has 3 heteroatoms. The molecule has 0 amide bonds. The fourth-order valence-corrected chi connectivity index (χ4v) is 5.76. The summed E-state index contributed by atoms with van der Waals surface area (Å²) in [4.78, 5) is 4.65. The number of hydrogen-bond acceptors (Lipinski definition) is 2. The van der Waals surface area contributed by atoms with E-state index in [2.05, 4.69) is 87.7 Å². The molecule has 0 saturated carbocycles. The van der Waals surface area contributed by atoms with E-state index in [9.17, 15) is 0 Å². The van der Waals surface area contributed by atoms with E-state index in [1.165, 1.54) is 49.1 Å². The minimum absolute atomic E-state index is 0.312. The molecule has 32 heavy (non-hydrogen) atoms. The number of benzene rings is 3. The van der Waals surface area contributed by atoms with Gasteiger partial charge in [-0.05, 0) is 69.3 Å². The molecule has 6 rings (SSSR count). The Morgan fingerprint density at radius 1 is 1.06 bits per heavy atom. The van der Waals surface area contributed by atoms with Crippen LogP contribution in [0.25, 0.3) is 22.5 Å². The number of hydrogen-bond donors (Lipinski definition) is 0. The smallest absolute Gasteiger partial charge is 0.119 e. The monoisotopic (exact) mass is 479 g/mol. The normalized spacial score (nSPS) is 19.0. The summed E-state index contributed by atoms with van der Waals surface area (Å²) in [5, 5.41) is 4.99. The van der Waals surface area contributed by atoms with Crippen molar-refractivity contribution in [2.45, 2.75) is 18.8 Å². The predicted octanol–water partition coefficient (Wildman–Crippen LogP) is 5.95. The summed E-state index contributed by atoms with van der Waals surface area (Å²) in [5.74, 6) is 1.21. The standard InChI is InChI=1S/C29H22BrNO/c1-32-21-12-14-27(30)26(15-21)23-7-4-8-25-24(23)13-11-20-17-31-16-19-10-9-18-5-2-3-6-22(18)28(19)29(20)25/h2-6,8-12,14-17,23H,7,13H2,1H3. The Morgan fingerprint density at radius 2 is 1.97 bits per heavy atom. The lowest BCUT2D eigenvalue weighted by molar-refractivity contribution is 0.414. The van der Waals surface area contributed by atoms with Crippen molar-refractivity contribution < 1.29 is 4.74 Å². The minimum Gasteiger partial charge on any atom is -0.497 e. The Hall–Kier alpha value is -3.17. The molecule has 3 aromatic carbocycles. The molecule has 1 aliphatic heterocycles. The van der Waals surface area contributed by atoms with Gasteiger partial charge in [-0.1, -0.05) is 76.1 Å². The molecule has 0 spiro atoms. The highest BCUT2D eigenvalue weighted by molar-refractivity contribution is 9.10. The van der Waals surface area contributed by atoms with Crippen molar-refractivity contribution in [2.24, 2.45) is 4.99 Å². The number of nitrogens with zero attached hydrogens (tertiary/aromatic N) is 1. The third-order valence-electron chi connectivity index (χ3n) is 6.74. The maximum atomic E-state index is 5.54. The molecule has 0 aromatic heterocycles. The average Bonchev–Trinajstić information content (AvgIpc) is 3.04. The zero-order valence-electron chi connectivity index (χ0n) is 17.8. The predicted molar refractivity (Wildman–Crippen MR) is 136 cm³/mol. The average molecular weight is 480 g/mol. The van der Waals surface area contributed by atoms with Gasteiger partial charge in [0.25, 0.3) is 0 Å². The van der Waals surface area contributed by atoms with Crippen molar-refractivity contribution in [3.63, 3.8) is 0 Å². The lowest BCUT2D eigenvalue weighted by atomic mass is 9.74. The van der Waals surface area contributed by atoms with E-state index in [1.54, 1.807) is 7.11 Å². The Morgan fingerprint density at radius 3 is 2.88 bits per heavy atom. The lowest BCUT2D eigenvalue weighted by Crippen LogP contribution is -2.29. The van der Waals surface area contributed by atoms with Crippen molar-refractivity contribution in [2.75, 3.05) is 7.11 Å². The number of rotatable bonds is 2. The molecule has 1 atom stereocenters.